The zero-order valence-electron chi connectivity index (χ0n) is 14.0. The van der Waals surface area contributed by atoms with Gasteiger partial charge in [-0.1, -0.05) is 0 Å². The van der Waals surface area contributed by atoms with Gasteiger partial charge in [0.25, 0.3) is 0 Å². The fourth-order valence-electron chi connectivity index (χ4n) is 3.55. The molecule has 0 radical (unpaired) electrons. The van der Waals surface area contributed by atoms with Crippen LogP contribution in [-0.2, 0) is 4.79 Å². The zero-order valence-corrected chi connectivity index (χ0v) is 14.0. The maximum absolute atomic E-state index is 13.3. The molecule has 1 heterocycles. The molecule has 1 aromatic heterocycles. The first-order valence-electron chi connectivity index (χ1n) is 8.65. The second-order valence-electron chi connectivity index (χ2n) is 7.03. The van der Waals surface area contributed by atoms with E-state index >= 15 is 0 Å². The minimum absolute atomic E-state index is 0.0675. The van der Waals surface area contributed by atoms with Crippen LogP contribution in [-0.4, -0.2) is 33.9 Å². The van der Waals surface area contributed by atoms with Gasteiger partial charge >= 0.3 is 0 Å². The Morgan fingerprint density at radius 1 is 1.16 bits per heavy atom. The van der Waals surface area contributed by atoms with Crippen molar-refractivity contribution in [3.8, 4) is 0 Å². The summed E-state index contributed by atoms with van der Waals surface area (Å²) in [6, 6.07) is -0.186. The average molecular weight is 354 g/mol. The lowest BCUT2D eigenvalue weighted by Gasteiger charge is -2.28. The molecule has 3 rings (SSSR count). The lowest BCUT2D eigenvalue weighted by atomic mass is 9.85. The van der Waals surface area contributed by atoms with Gasteiger partial charge in [-0.05, 0) is 32.1 Å². The highest BCUT2D eigenvalue weighted by atomic mass is 19.3. The van der Waals surface area contributed by atoms with Crippen LogP contribution in [0.3, 0.4) is 0 Å². The molecule has 9 heteroatoms. The molecule has 138 valence electrons. The largest absolute Gasteiger partial charge is 0.394 e. The molecule has 25 heavy (non-hydrogen) atoms. The first-order valence-corrected chi connectivity index (χ1v) is 8.65. The Hall–Kier alpha value is -2.19. The number of amides is 1. The monoisotopic (exact) mass is 354 g/mol. The van der Waals surface area contributed by atoms with E-state index in [0.29, 0.717) is 23.9 Å². The normalized spacial score (nSPS) is 28.5. The Morgan fingerprint density at radius 2 is 1.88 bits per heavy atom. The Kier molecular flexibility index (Phi) is 4.91. The van der Waals surface area contributed by atoms with Gasteiger partial charge < -0.3 is 22.1 Å². The van der Waals surface area contributed by atoms with Gasteiger partial charge in [0.05, 0.1) is 11.9 Å². The first-order chi connectivity index (χ1) is 11.8. The van der Waals surface area contributed by atoms with Gasteiger partial charge in [0.1, 0.15) is 0 Å². The fraction of sp³-hybridized carbons (Fsp3) is 0.688. The van der Waals surface area contributed by atoms with Crippen LogP contribution in [0.4, 0.5) is 26.2 Å². The second-order valence-corrected chi connectivity index (χ2v) is 7.03. The molecule has 0 bridgehead atoms. The van der Waals surface area contributed by atoms with E-state index in [4.69, 9.17) is 11.5 Å². The molecular formula is C16H24F2N6O. The highest BCUT2D eigenvalue weighted by Crippen LogP contribution is 2.36. The van der Waals surface area contributed by atoms with Crippen molar-refractivity contribution >= 4 is 23.4 Å². The molecule has 2 aliphatic rings. The van der Waals surface area contributed by atoms with Gasteiger partial charge in [-0.3, -0.25) is 4.79 Å². The number of rotatable bonds is 5. The lowest BCUT2D eigenvalue weighted by Crippen LogP contribution is -2.33. The molecule has 7 nitrogen and oxygen atoms in total. The minimum Gasteiger partial charge on any atom is -0.394 e. The molecule has 2 fully saturated rings. The first kappa shape index (κ1) is 17.6. The number of halogens is 2. The number of primary amides is 1. The van der Waals surface area contributed by atoms with Crippen LogP contribution in [0.25, 0.3) is 0 Å². The number of nitrogen functional groups attached to an aromatic ring is 1. The second kappa shape index (κ2) is 6.97. The molecule has 2 saturated carbocycles. The molecule has 0 saturated heterocycles. The number of hydrogen-bond donors (Lipinski definition) is 4. The van der Waals surface area contributed by atoms with E-state index in [1.807, 2.05) is 0 Å². The number of carbonyl (C=O) groups is 1. The van der Waals surface area contributed by atoms with Crippen LogP contribution in [0.5, 0.6) is 0 Å². The van der Waals surface area contributed by atoms with Gasteiger partial charge in [-0.25, -0.2) is 13.8 Å². The molecule has 0 spiro atoms. The molecule has 6 N–H and O–H groups in total. The van der Waals surface area contributed by atoms with E-state index < -0.39 is 5.92 Å². The van der Waals surface area contributed by atoms with E-state index in [1.54, 1.807) is 0 Å². The SMILES string of the molecule is NC(=O)C1CCC(Nc2nc(N[C@@H]3CCC(F)(F)C3)ncc2N)CC1. The Labute approximate surface area is 145 Å². The Morgan fingerprint density at radius 3 is 2.48 bits per heavy atom. The third kappa shape index (κ3) is 4.46. The van der Waals surface area contributed by atoms with E-state index in [2.05, 4.69) is 20.6 Å². The third-order valence-electron chi connectivity index (χ3n) is 5.02. The van der Waals surface area contributed by atoms with E-state index in [9.17, 15) is 13.6 Å². The molecule has 0 aliphatic heterocycles. The summed E-state index contributed by atoms with van der Waals surface area (Å²) in [6.45, 7) is 0. The number of nitrogens with one attached hydrogen (secondary N) is 2. The van der Waals surface area contributed by atoms with Crippen LogP contribution in [0.1, 0.15) is 44.9 Å². The van der Waals surface area contributed by atoms with Crippen LogP contribution in [0.15, 0.2) is 6.20 Å². The minimum atomic E-state index is -2.62. The van der Waals surface area contributed by atoms with Gasteiger partial charge in [0, 0.05) is 30.8 Å². The van der Waals surface area contributed by atoms with Crippen molar-refractivity contribution in [2.75, 3.05) is 16.4 Å². The Balaban J connectivity index is 1.59. The summed E-state index contributed by atoms with van der Waals surface area (Å²) >= 11 is 0. The van der Waals surface area contributed by atoms with Crippen LogP contribution in [0, 0.1) is 5.92 Å². The van der Waals surface area contributed by atoms with E-state index in [0.717, 1.165) is 25.7 Å². The van der Waals surface area contributed by atoms with E-state index in [1.165, 1.54) is 6.20 Å². The fourth-order valence-corrected chi connectivity index (χ4v) is 3.55. The molecule has 1 amide bonds. The summed E-state index contributed by atoms with van der Waals surface area (Å²) in [4.78, 5) is 19.7. The zero-order chi connectivity index (χ0) is 18.0. The molecular weight excluding hydrogens is 330 g/mol. The van der Waals surface area contributed by atoms with Crippen molar-refractivity contribution < 1.29 is 13.6 Å². The summed E-state index contributed by atoms with van der Waals surface area (Å²) in [7, 11) is 0. The molecule has 1 aromatic rings. The maximum atomic E-state index is 13.3. The van der Waals surface area contributed by atoms with Crippen molar-refractivity contribution in [3.63, 3.8) is 0 Å². The van der Waals surface area contributed by atoms with Gasteiger partial charge in [0.15, 0.2) is 5.82 Å². The smallest absolute Gasteiger partial charge is 0.250 e. The number of hydrogen-bond acceptors (Lipinski definition) is 6. The van der Waals surface area contributed by atoms with Crippen molar-refractivity contribution in [2.24, 2.45) is 11.7 Å². The summed E-state index contributed by atoms with van der Waals surface area (Å²) < 4.78 is 26.6. The lowest BCUT2D eigenvalue weighted by molar-refractivity contribution is -0.122. The summed E-state index contributed by atoms with van der Waals surface area (Å²) in [5.74, 6) is -2.15. The summed E-state index contributed by atoms with van der Waals surface area (Å²) in [6.07, 6.45) is 4.61. The van der Waals surface area contributed by atoms with Crippen molar-refractivity contribution in [1.82, 2.24) is 9.97 Å². The summed E-state index contributed by atoms with van der Waals surface area (Å²) in [5, 5.41) is 6.24. The number of aromatic nitrogens is 2. The van der Waals surface area contributed by atoms with Crippen molar-refractivity contribution in [1.29, 1.82) is 0 Å². The van der Waals surface area contributed by atoms with E-state index in [-0.39, 0.29) is 36.8 Å². The topological polar surface area (TPSA) is 119 Å². The van der Waals surface area contributed by atoms with Crippen molar-refractivity contribution in [2.45, 2.75) is 63.0 Å². The van der Waals surface area contributed by atoms with Gasteiger partial charge in [-0.2, -0.15) is 4.98 Å². The van der Waals surface area contributed by atoms with Gasteiger partial charge in [0.2, 0.25) is 17.8 Å². The number of nitrogens with two attached hydrogens (primary N) is 2. The molecule has 0 aromatic carbocycles. The highest BCUT2D eigenvalue weighted by molar-refractivity contribution is 5.76. The van der Waals surface area contributed by atoms with Gasteiger partial charge in [-0.15, -0.1) is 0 Å². The number of carbonyl (C=O) groups excluding carboxylic acids is 1. The summed E-state index contributed by atoms with van der Waals surface area (Å²) in [5.41, 5.74) is 11.7. The number of alkyl halides is 2. The maximum Gasteiger partial charge on any atom is 0.250 e. The highest BCUT2D eigenvalue weighted by Gasteiger charge is 2.39. The van der Waals surface area contributed by atoms with Crippen LogP contribution >= 0.6 is 0 Å². The predicted octanol–water partition coefficient (Wildman–Crippen LogP) is 2.11. The predicted molar refractivity (Wildman–Crippen MR) is 91.2 cm³/mol. The standard InChI is InChI=1S/C16H24F2N6O/c17-16(18)6-5-11(7-16)23-15-21-8-12(19)14(24-15)22-10-3-1-9(2-4-10)13(20)25/h8-11H,1-7,19H2,(H2,20,25)(H2,21,22,23,24)/t9?,10?,11-/m1/s1. The molecule has 2 aliphatic carbocycles. The number of nitrogens with zero attached hydrogens (tertiary/aromatic N) is 2. The number of anilines is 3. The third-order valence-corrected chi connectivity index (χ3v) is 5.02. The van der Waals surface area contributed by atoms with Crippen LogP contribution in [0.2, 0.25) is 0 Å². The molecule has 1 atom stereocenters. The van der Waals surface area contributed by atoms with Crippen LogP contribution < -0.4 is 22.1 Å². The average Bonchev–Trinajstić information content (AvgIpc) is 2.90. The quantitative estimate of drug-likeness (QED) is 0.643. The van der Waals surface area contributed by atoms with Crippen molar-refractivity contribution in [3.05, 3.63) is 6.20 Å². The molecule has 0 unspecified atom stereocenters. The Bertz CT molecular complexity index is 633.